The minimum Gasteiger partial charge on any atom is -0.322 e. The zero-order valence-electron chi connectivity index (χ0n) is 11.9. The van der Waals surface area contributed by atoms with Gasteiger partial charge in [0.2, 0.25) is 0 Å². The molecule has 4 nitrogen and oxygen atoms in total. The Hall–Kier alpha value is -1.68. The molecule has 0 aromatic carbocycles. The van der Waals surface area contributed by atoms with Crippen molar-refractivity contribution in [1.82, 2.24) is 14.8 Å². The van der Waals surface area contributed by atoms with Crippen molar-refractivity contribution in [3.05, 3.63) is 47.0 Å². The van der Waals surface area contributed by atoms with Crippen molar-refractivity contribution < 1.29 is 0 Å². The quantitative estimate of drug-likeness (QED) is 0.894. The number of nitrogens with zero attached hydrogens (tertiary/aromatic N) is 3. The van der Waals surface area contributed by atoms with Crippen LogP contribution in [0.2, 0.25) is 0 Å². The Morgan fingerprint density at radius 1 is 1.21 bits per heavy atom. The van der Waals surface area contributed by atoms with E-state index in [4.69, 9.17) is 5.73 Å². The third-order valence-corrected chi connectivity index (χ3v) is 3.43. The molecule has 0 saturated heterocycles. The highest BCUT2D eigenvalue weighted by atomic mass is 15.3. The number of nitrogens with two attached hydrogens (primary N) is 1. The van der Waals surface area contributed by atoms with Crippen LogP contribution in [0.5, 0.6) is 0 Å². The van der Waals surface area contributed by atoms with Crippen molar-refractivity contribution >= 4 is 0 Å². The van der Waals surface area contributed by atoms with E-state index in [0.717, 1.165) is 36.3 Å². The summed E-state index contributed by atoms with van der Waals surface area (Å²) < 4.78 is 1.88. The minimum absolute atomic E-state index is 0.0576. The maximum atomic E-state index is 6.27. The lowest BCUT2D eigenvalue weighted by Crippen LogP contribution is -2.17. The SMILES string of the molecule is CCc1ccc(CC(N)c2cc(CC)nn2C)nc1. The molecule has 0 aliphatic carbocycles. The van der Waals surface area contributed by atoms with Crippen molar-refractivity contribution in [3.63, 3.8) is 0 Å². The number of rotatable bonds is 5. The summed E-state index contributed by atoms with van der Waals surface area (Å²) >= 11 is 0. The van der Waals surface area contributed by atoms with Crippen LogP contribution in [-0.2, 0) is 26.3 Å². The third kappa shape index (κ3) is 3.20. The van der Waals surface area contributed by atoms with Gasteiger partial charge in [0.25, 0.3) is 0 Å². The van der Waals surface area contributed by atoms with E-state index in [2.05, 4.69) is 42.1 Å². The molecule has 2 heterocycles. The highest BCUT2D eigenvalue weighted by Gasteiger charge is 2.13. The summed E-state index contributed by atoms with van der Waals surface area (Å²) in [4.78, 5) is 4.46. The van der Waals surface area contributed by atoms with Crippen LogP contribution < -0.4 is 5.73 Å². The van der Waals surface area contributed by atoms with E-state index in [1.165, 1.54) is 5.56 Å². The van der Waals surface area contributed by atoms with Gasteiger partial charge in [-0.25, -0.2) is 0 Å². The molecule has 0 bridgehead atoms. The first-order valence-electron chi connectivity index (χ1n) is 6.86. The standard InChI is InChI=1S/C15H22N4/c1-4-11-6-7-13(17-10-11)8-14(16)15-9-12(5-2)18-19(15)3/h6-7,9-10,14H,4-5,8,16H2,1-3H3. The molecule has 0 aliphatic heterocycles. The first kappa shape index (κ1) is 13.7. The van der Waals surface area contributed by atoms with Gasteiger partial charge in [-0.2, -0.15) is 5.10 Å². The van der Waals surface area contributed by atoms with E-state index in [1.807, 2.05) is 17.9 Å². The zero-order valence-corrected chi connectivity index (χ0v) is 11.9. The highest BCUT2D eigenvalue weighted by Crippen LogP contribution is 2.16. The van der Waals surface area contributed by atoms with E-state index in [0.29, 0.717) is 0 Å². The molecule has 0 spiro atoms. The Balaban J connectivity index is 2.10. The first-order valence-corrected chi connectivity index (χ1v) is 6.86. The molecular weight excluding hydrogens is 236 g/mol. The zero-order chi connectivity index (χ0) is 13.8. The maximum absolute atomic E-state index is 6.27. The fourth-order valence-corrected chi connectivity index (χ4v) is 2.18. The van der Waals surface area contributed by atoms with Gasteiger partial charge in [-0.3, -0.25) is 9.67 Å². The molecular formula is C15H22N4. The smallest absolute Gasteiger partial charge is 0.0625 e. The topological polar surface area (TPSA) is 56.7 Å². The number of aromatic nitrogens is 3. The summed E-state index contributed by atoms with van der Waals surface area (Å²) in [5.41, 5.74) is 10.7. The lowest BCUT2D eigenvalue weighted by atomic mass is 10.1. The molecule has 1 unspecified atom stereocenters. The lowest BCUT2D eigenvalue weighted by molar-refractivity contribution is 0.608. The van der Waals surface area contributed by atoms with Crippen molar-refractivity contribution in [3.8, 4) is 0 Å². The lowest BCUT2D eigenvalue weighted by Gasteiger charge is -2.11. The number of hydrogen-bond donors (Lipinski definition) is 1. The molecule has 0 fully saturated rings. The van der Waals surface area contributed by atoms with Crippen molar-refractivity contribution in [2.45, 2.75) is 39.2 Å². The van der Waals surface area contributed by atoms with Gasteiger partial charge in [0.1, 0.15) is 0 Å². The van der Waals surface area contributed by atoms with Crippen LogP contribution in [0, 0.1) is 0 Å². The minimum atomic E-state index is -0.0576. The molecule has 2 N–H and O–H groups in total. The van der Waals surface area contributed by atoms with Crippen LogP contribution in [0.4, 0.5) is 0 Å². The summed E-state index contributed by atoms with van der Waals surface area (Å²) in [7, 11) is 1.95. The Kier molecular flexibility index (Phi) is 4.32. The molecule has 0 aliphatic rings. The predicted octanol–water partition coefficient (Wildman–Crippen LogP) is 2.18. The molecule has 1 atom stereocenters. The normalized spacial score (nSPS) is 12.6. The second-order valence-electron chi connectivity index (χ2n) is 4.86. The molecule has 0 saturated carbocycles. The summed E-state index contributed by atoms with van der Waals surface area (Å²) in [6.07, 6.45) is 4.63. The molecule has 19 heavy (non-hydrogen) atoms. The largest absolute Gasteiger partial charge is 0.322 e. The van der Waals surface area contributed by atoms with Crippen LogP contribution >= 0.6 is 0 Å². The average molecular weight is 258 g/mol. The fourth-order valence-electron chi connectivity index (χ4n) is 2.18. The monoisotopic (exact) mass is 258 g/mol. The molecule has 2 rings (SSSR count). The molecule has 102 valence electrons. The van der Waals surface area contributed by atoms with Gasteiger partial charge in [0, 0.05) is 25.4 Å². The van der Waals surface area contributed by atoms with Gasteiger partial charge < -0.3 is 5.73 Å². The fraction of sp³-hybridized carbons (Fsp3) is 0.467. The van der Waals surface area contributed by atoms with Gasteiger partial charge in [0.05, 0.1) is 17.4 Å². The highest BCUT2D eigenvalue weighted by molar-refractivity contribution is 5.19. The number of pyridine rings is 1. The Morgan fingerprint density at radius 2 is 2.00 bits per heavy atom. The van der Waals surface area contributed by atoms with E-state index in [1.54, 1.807) is 0 Å². The Bertz CT molecular complexity index is 528. The summed E-state index contributed by atoms with van der Waals surface area (Å²) in [6.45, 7) is 4.23. The van der Waals surface area contributed by atoms with Crippen LogP contribution in [0.1, 0.15) is 42.5 Å². The Labute approximate surface area is 114 Å². The maximum Gasteiger partial charge on any atom is 0.0625 e. The summed E-state index contributed by atoms with van der Waals surface area (Å²) in [6, 6.07) is 6.22. The van der Waals surface area contributed by atoms with Crippen LogP contribution in [0.25, 0.3) is 0 Å². The number of aryl methyl sites for hydroxylation is 3. The third-order valence-electron chi connectivity index (χ3n) is 3.43. The van der Waals surface area contributed by atoms with Gasteiger partial charge in [-0.15, -0.1) is 0 Å². The van der Waals surface area contributed by atoms with Crippen molar-refractivity contribution in [2.24, 2.45) is 12.8 Å². The van der Waals surface area contributed by atoms with E-state index < -0.39 is 0 Å². The first-order chi connectivity index (χ1) is 9.13. The van der Waals surface area contributed by atoms with E-state index in [9.17, 15) is 0 Å². The molecule has 0 radical (unpaired) electrons. The van der Waals surface area contributed by atoms with E-state index >= 15 is 0 Å². The average Bonchev–Trinajstić information content (AvgIpc) is 2.81. The second kappa shape index (κ2) is 5.97. The second-order valence-corrected chi connectivity index (χ2v) is 4.86. The van der Waals surface area contributed by atoms with Crippen molar-refractivity contribution in [2.75, 3.05) is 0 Å². The Morgan fingerprint density at radius 3 is 2.53 bits per heavy atom. The summed E-state index contributed by atoms with van der Waals surface area (Å²) in [5.74, 6) is 0. The van der Waals surface area contributed by atoms with Crippen LogP contribution in [-0.4, -0.2) is 14.8 Å². The van der Waals surface area contributed by atoms with Gasteiger partial charge in [0.15, 0.2) is 0 Å². The predicted molar refractivity (Wildman–Crippen MR) is 76.8 cm³/mol. The van der Waals surface area contributed by atoms with Crippen LogP contribution in [0.3, 0.4) is 0 Å². The van der Waals surface area contributed by atoms with Gasteiger partial charge in [-0.1, -0.05) is 19.9 Å². The molecule has 0 amide bonds. The molecule has 2 aromatic heterocycles. The van der Waals surface area contributed by atoms with Gasteiger partial charge in [-0.05, 0) is 30.5 Å². The van der Waals surface area contributed by atoms with Crippen LogP contribution in [0.15, 0.2) is 24.4 Å². The molecule has 2 aromatic rings. The van der Waals surface area contributed by atoms with E-state index in [-0.39, 0.29) is 6.04 Å². The van der Waals surface area contributed by atoms with Gasteiger partial charge >= 0.3 is 0 Å². The van der Waals surface area contributed by atoms with Crippen molar-refractivity contribution in [1.29, 1.82) is 0 Å². The molecule has 4 heteroatoms. The summed E-state index contributed by atoms with van der Waals surface area (Å²) in [5, 5.41) is 4.44. The number of hydrogen-bond acceptors (Lipinski definition) is 3.